The van der Waals surface area contributed by atoms with Gasteiger partial charge in [0.1, 0.15) is 0 Å². The molecule has 0 aromatic heterocycles. The van der Waals surface area contributed by atoms with Crippen molar-refractivity contribution in [3.63, 3.8) is 0 Å². The van der Waals surface area contributed by atoms with Crippen LogP contribution in [0.15, 0.2) is 0 Å². The molecule has 2 rings (SSSR count). The topological polar surface area (TPSA) is 26.1 Å². The van der Waals surface area contributed by atoms with Crippen LogP contribution in [0.5, 0.6) is 0 Å². The van der Waals surface area contributed by atoms with Crippen LogP contribution >= 0.6 is 17.0 Å². The average Bonchev–Trinajstić information content (AvgIpc) is 2.71. The molecule has 0 aromatic carbocycles. The monoisotopic (exact) mass is 356 g/mol. The molecule has 1 N–H and O–H groups in total. The summed E-state index contributed by atoms with van der Waals surface area (Å²) in [6, 6.07) is 0.857. The van der Waals surface area contributed by atoms with E-state index in [0.29, 0.717) is 0 Å². The Morgan fingerprint density at radius 2 is 1.94 bits per heavy atom. The Morgan fingerprint density at radius 3 is 2.59 bits per heavy atom. The molecule has 3 unspecified atom stereocenters. The molecular weight excluding hydrogens is 334 g/mol. The summed E-state index contributed by atoms with van der Waals surface area (Å²) in [5, 5.41) is 7.88. The van der Waals surface area contributed by atoms with Crippen molar-refractivity contribution in [2.45, 2.75) is 38.1 Å². The summed E-state index contributed by atoms with van der Waals surface area (Å²) in [4.78, 5) is 0. The first-order valence-corrected chi connectivity index (χ1v) is 12.4. The molecule has 0 spiro atoms. The van der Waals surface area contributed by atoms with Gasteiger partial charge in [0.15, 0.2) is 0 Å². The van der Waals surface area contributed by atoms with Crippen molar-refractivity contribution < 1.29 is 20.8 Å². The van der Waals surface area contributed by atoms with Gasteiger partial charge in [-0.1, -0.05) is 19.3 Å². The third-order valence-electron chi connectivity index (χ3n) is 3.79. The van der Waals surface area contributed by atoms with E-state index in [2.05, 4.69) is 10.6 Å². The number of hydrogen-bond acceptors (Lipinski definition) is 1. The number of hydrogen-bond donors (Lipinski definition) is 1. The number of fused-ring (bicyclic) bond motifs is 1. The van der Waals surface area contributed by atoms with Crippen molar-refractivity contribution in [2.75, 3.05) is 20.1 Å². The van der Waals surface area contributed by atoms with Crippen LogP contribution < -0.4 is 5.32 Å². The van der Waals surface area contributed by atoms with Gasteiger partial charge in [0.25, 0.3) is 0 Å². The number of nitrogens with zero attached hydrogens (tertiary/aromatic N) is 1. The molecule has 100 valence electrons. The zero-order valence-corrected chi connectivity index (χ0v) is 14.9. The number of nitrogens with one attached hydrogen (secondary N) is 1. The Labute approximate surface area is 125 Å². The van der Waals surface area contributed by atoms with Gasteiger partial charge in [0.2, 0.25) is 0 Å². The molecule has 1 aliphatic heterocycles. The van der Waals surface area contributed by atoms with Gasteiger partial charge < -0.3 is 18.1 Å². The van der Waals surface area contributed by atoms with E-state index in [4.69, 9.17) is 17.0 Å². The second kappa shape index (κ2) is 11.2. The minimum absolute atomic E-state index is 0. The van der Waals surface area contributed by atoms with E-state index >= 15 is 0 Å². The van der Waals surface area contributed by atoms with Gasteiger partial charge in [-0.15, -0.1) is 6.54 Å². The van der Waals surface area contributed by atoms with E-state index < -0.39 is 20.8 Å². The molecule has 17 heavy (non-hydrogen) atoms. The van der Waals surface area contributed by atoms with Crippen molar-refractivity contribution in [3.05, 3.63) is 12.7 Å². The van der Waals surface area contributed by atoms with Crippen molar-refractivity contribution >= 4 is 17.0 Å². The summed E-state index contributed by atoms with van der Waals surface area (Å²) in [7, 11) is 11.8. The molecule has 2 aliphatic rings. The number of rotatable bonds is 3. The van der Waals surface area contributed by atoms with Crippen molar-refractivity contribution in [1.29, 1.82) is 0 Å². The minimum atomic E-state index is -0.826. The summed E-state index contributed by atoms with van der Waals surface area (Å²) >= 11 is -0.826. The van der Waals surface area contributed by atoms with E-state index in [1.165, 1.54) is 38.6 Å². The summed E-state index contributed by atoms with van der Waals surface area (Å²) in [6.07, 6.45) is 7.10. The van der Waals surface area contributed by atoms with Crippen LogP contribution in [0.4, 0.5) is 0 Å². The first-order chi connectivity index (χ1) is 7.83. The molecule has 0 aromatic rings. The van der Waals surface area contributed by atoms with Crippen LogP contribution in [0, 0.1) is 19.3 Å². The quantitative estimate of drug-likeness (QED) is 0.759. The molecule has 5 heteroatoms. The van der Waals surface area contributed by atoms with Crippen LogP contribution in [0.2, 0.25) is 0 Å². The van der Waals surface area contributed by atoms with Crippen LogP contribution in [0.25, 0.3) is 5.32 Å². The van der Waals surface area contributed by atoms with Gasteiger partial charge in [-0.05, 0) is 31.2 Å². The molecule has 0 amide bonds. The van der Waals surface area contributed by atoms with E-state index in [9.17, 15) is 0 Å². The van der Waals surface area contributed by atoms with Gasteiger partial charge in [0.05, 0.1) is 0 Å². The van der Waals surface area contributed by atoms with Gasteiger partial charge >= 0.3 is 37.9 Å². The van der Waals surface area contributed by atoms with Crippen LogP contribution in [-0.4, -0.2) is 26.2 Å². The Balaban J connectivity index is 0.000000583. The molecule has 1 aliphatic carbocycles. The first-order valence-electron chi connectivity index (χ1n) is 6.08. The second-order valence-corrected chi connectivity index (χ2v) is 8.35. The summed E-state index contributed by atoms with van der Waals surface area (Å²) in [5.41, 5.74) is 0. The van der Waals surface area contributed by atoms with Crippen LogP contribution in [-0.2, 0) is 20.8 Å². The molecule has 1 saturated heterocycles. The molecule has 3 atom stereocenters. The fourth-order valence-electron chi connectivity index (χ4n) is 3.04. The van der Waals surface area contributed by atoms with E-state index in [-0.39, 0.29) is 7.43 Å². The Morgan fingerprint density at radius 1 is 1.29 bits per heavy atom. The van der Waals surface area contributed by atoms with E-state index in [1.807, 2.05) is 7.05 Å². The normalized spacial score (nSPS) is 30.4. The van der Waals surface area contributed by atoms with Gasteiger partial charge in [-0.25, -0.2) is 0 Å². The van der Waals surface area contributed by atoms with Crippen molar-refractivity contribution in [2.24, 2.45) is 11.8 Å². The third kappa shape index (κ3) is 6.38. The molecule has 2 nitrogen and oxygen atoms in total. The zero-order valence-electron chi connectivity index (χ0n) is 10.9. The first kappa shape index (κ1) is 18.4. The Kier molecular flexibility index (Phi) is 12.1. The molecule has 1 saturated carbocycles. The van der Waals surface area contributed by atoms with E-state index in [0.717, 1.165) is 24.4 Å². The Hall–Kier alpha value is 1.38. The number of halogens is 2. The molecule has 2 fully saturated rings. The Bertz CT molecular complexity index is 184. The van der Waals surface area contributed by atoms with E-state index in [1.54, 1.807) is 0 Å². The maximum absolute atomic E-state index is 4.93. The van der Waals surface area contributed by atoms with Gasteiger partial charge in [0, 0.05) is 6.04 Å². The van der Waals surface area contributed by atoms with Crippen molar-refractivity contribution in [1.82, 2.24) is 5.32 Å². The fraction of sp³-hybridized carbons (Fsp3) is 0.917. The molecular formula is C12H24Cl2N2Zr. The molecule has 0 radical (unpaired) electrons. The average molecular weight is 358 g/mol. The third-order valence-corrected chi connectivity index (χ3v) is 3.79. The second-order valence-electron chi connectivity index (χ2n) is 4.62. The predicted molar refractivity (Wildman–Crippen MR) is 74.1 cm³/mol. The maximum atomic E-state index is 4.93. The van der Waals surface area contributed by atoms with Gasteiger partial charge in [-0.3, -0.25) is 0 Å². The standard InChI is InChI=1S/C11H21N2.CH3.2ClH.Zr/c1-12-7-6-9-8-13-11-5-3-2-4-10(9)11;;;;/h9-11,13H,2-8H2,1H3;1H3;2*1H;/q2*-1;;;+4/p-2. The van der Waals surface area contributed by atoms with Crippen LogP contribution in [0.1, 0.15) is 32.1 Å². The van der Waals surface area contributed by atoms with Crippen LogP contribution in [0.3, 0.4) is 0 Å². The van der Waals surface area contributed by atoms with Crippen molar-refractivity contribution in [3.8, 4) is 0 Å². The molecule has 0 bridgehead atoms. The molecule has 1 heterocycles. The summed E-state index contributed by atoms with van der Waals surface area (Å²) in [5.74, 6) is 1.91. The SMILES string of the molecule is C[N-]CCC1CNC2CCCCC12.[CH3-].[Cl][Zr+2][Cl]. The zero-order chi connectivity index (χ0) is 11.8. The summed E-state index contributed by atoms with van der Waals surface area (Å²) < 4.78 is 0. The van der Waals surface area contributed by atoms with Gasteiger partial charge in [-0.2, -0.15) is 7.05 Å². The predicted octanol–water partition coefficient (Wildman–Crippen LogP) is 3.98. The summed E-state index contributed by atoms with van der Waals surface area (Å²) in [6.45, 7) is 2.32. The fourth-order valence-corrected chi connectivity index (χ4v) is 3.04.